The number of halogens is 3. The molecular formula is C13H17F3N2O2. The molecule has 7 heteroatoms. The topological polar surface area (TPSA) is 43.4 Å². The summed E-state index contributed by atoms with van der Waals surface area (Å²) in [4.78, 5) is 3.50. The predicted molar refractivity (Wildman–Crippen MR) is 67.5 cm³/mol. The Morgan fingerprint density at radius 3 is 2.95 bits per heavy atom. The molecule has 1 aromatic heterocycles. The van der Waals surface area contributed by atoms with Crippen LogP contribution in [0.2, 0.25) is 0 Å². The third-order valence-corrected chi connectivity index (χ3v) is 2.92. The maximum Gasteiger partial charge on any atom is 0.433 e. The van der Waals surface area contributed by atoms with Gasteiger partial charge in [-0.1, -0.05) is 6.07 Å². The Bertz CT molecular complexity index is 420. The zero-order valence-electron chi connectivity index (χ0n) is 10.9. The smallest absolute Gasteiger partial charge is 0.377 e. The number of ether oxygens (including phenoxy) is 2. The van der Waals surface area contributed by atoms with Crippen LogP contribution in [0.1, 0.15) is 18.5 Å². The molecular weight excluding hydrogens is 273 g/mol. The Balaban J connectivity index is 1.68. The van der Waals surface area contributed by atoms with Crippen LogP contribution in [-0.2, 0) is 15.7 Å². The molecule has 0 unspecified atom stereocenters. The molecule has 0 radical (unpaired) electrons. The maximum absolute atomic E-state index is 12.5. The van der Waals surface area contributed by atoms with E-state index in [0.29, 0.717) is 19.8 Å². The van der Waals surface area contributed by atoms with Gasteiger partial charge in [0, 0.05) is 13.2 Å². The van der Waals surface area contributed by atoms with Gasteiger partial charge in [-0.3, -0.25) is 0 Å². The fourth-order valence-corrected chi connectivity index (χ4v) is 1.93. The minimum Gasteiger partial charge on any atom is -0.377 e. The van der Waals surface area contributed by atoms with Crippen molar-refractivity contribution < 1.29 is 22.6 Å². The quantitative estimate of drug-likeness (QED) is 0.818. The standard InChI is InChI=1S/C13H17F3N2O2/c14-13(15,16)11-4-1-5-12(18-11)17-6-8-19-9-10-3-2-7-20-10/h1,4-5,10H,2-3,6-9H2,(H,17,18)/t10-/m1/s1. The summed E-state index contributed by atoms with van der Waals surface area (Å²) >= 11 is 0. The highest BCUT2D eigenvalue weighted by molar-refractivity contribution is 5.35. The van der Waals surface area contributed by atoms with Gasteiger partial charge in [-0.2, -0.15) is 13.2 Å². The highest BCUT2D eigenvalue weighted by atomic mass is 19.4. The van der Waals surface area contributed by atoms with Crippen molar-refractivity contribution in [3.8, 4) is 0 Å². The Morgan fingerprint density at radius 2 is 2.25 bits per heavy atom. The van der Waals surface area contributed by atoms with Crippen LogP contribution < -0.4 is 5.32 Å². The summed E-state index contributed by atoms with van der Waals surface area (Å²) in [6.45, 7) is 2.11. The first kappa shape index (κ1) is 15.1. The van der Waals surface area contributed by atoms with Crippen molar-refractivity contribution in [2.45, 2.75) is 25.1 Å². The molecule has 1 N–H and O–H groups in total. The van der Waals surface area contributed by atoms with E-state index in [4.69, 9.17) is 9.47 Å². The monoisotopic (exact) mass is 290 g/mol. The molecule has 1 aliphatic heterocycles. The van der Waals surface area contributed by atoms with Crippen LogP contribution in [0.3, 0.4) is 0 Å². The van der Waals surface area contributed by atoms with Gasteiger partial charge in [0.05, 0.1) is 19.3 Å². The summed E-state index contributed by atoms with van der Waals surface area (Å²) in [6, 6.07) is 3.76. The van der Waals surface area contributed by atoms with Crippen LogP contribution in [-0.4, -0.2) is 37.5 Å². The molecule has 0 bridgehead atoms. The third kappa shape index (κ3) is 4.64. The lowest BCUT2D eigenvalue weighted by atomic mass is 10.2. The summed E-state index contributed by atoms with van der Waals surface area (Å²) in [5, 5.41) is 2.81. The Kier molecular flexibility index (Phi) is 5.19. The molecule has 0 amide bonds. The van der Waals surface area contributed by atoms with Crippen molar-refractivity contribution in [1.29, 1.82) is 0 Å². The van der Waals surface area contributed by atoms with E-state index in [0.717, 1.165) is 25.5 Å². The number of aromatic nitrogens is 1. The average molecular weight is 290 g/mol. The molecule has 0 spiro atoms. The fourth-order valence-electron chi connectivity index (χ4n) is 1.93. The van der Waals surface area contributed by atoms with Crippen molar-refractivity contribution in [2.75, 3.05) is 31.7 Å². The van der Waals surface area contributed by atoms with E-state index in [1.54, 1.807) is 0 Å². The van der Waals surface area contributed by atoms with E-state index < -0.39 is 11.9 Å². The lowest BCUT2D eigenvalue weighted by Crippen LogP contribution is -2.18. The lowest BCUT2D eigenvalue weighted by molar-refractivity contribution is -0.141. The van der Waals surface area contributed by atoms with Gasteiger partial charge in [0.25, 0.3) is 0 Å². The first-order valence-electron chi connectivity index (χ1n) is 6.53. The van der Waals surface area contributed by atoms with Crippen LogP contribution >= 0.6 is 0 Å². The maximum atomic E-state index is 12.5. The third-order valence-electron chi connectivity index (χ3n) is 2.92. The molecule has 0 saturated carbocycles. The van der Waals surface area contributed by atoms with Crippen molar-refractivity contribution in [3.63, 3.8) is 0 Å². The minimum atomic E-state index is -4.42. The second-order valence-corrected chi connectivity index (χ2v) is 4.54. The van der Waals surface area contributed by atoms with Crippen LogP contribution in [0.4, 0.5) is 19.0 Å². The SMILES string of the molecule is FC(F)(F)c1cccc(NCCOC[C@H]2CCCO2)n1. The van der Waals surface area contributed by atoms with Crippen LogP contribution in [0, 0.1) is 0 Å². The van der Waals surface area contributed by atoms with Crippen molar-refractivity contribution in [2.24, 2.45) is 0 Å². The Labute approximate surface area is 115 Å². The summed E-state index contributed by atoms with van der Waals surface area (Å²) in [5.41, 5.74) is -0.900. The molecule has 0 aromatic carbocycles. The Hall–Kier alpha value is -1.34. The Morgan fingerprint density at radius 1 is 1.40 bits per heavy atom. The summed E-state index contributed by atoms with van der Waals surface area (Å²) < 4.78 is 48.2. The normalized spacial score (nSPS) is 19.2. The van der Waals surface area contributed by atoms with Gasteiger partial charge in [0.1, 0.15) is 11.5 Å². The van der Waals surface area contributed by atoms with Gasteiger partial charge < -0.3 is 14.8 Å². The molecule has 2 rings (SSSR count). The van der Waals surface area contributed by atoms with Crippen molar-refractivity contribution in [1.82, 2.24) is 4.98 Å². The lowest BCUT2D eigenvalue weighted by Gasteiger charge is -2.11. The van der Waals surface area contributed by atoms with Crippen molar-refractivity contribution >= 4 is 5.82 Å². The van der Waals surface area contributed by atoms with Gasteiger partial charge >= 0.3 is 6.18 Å². The zero-order valence-corrected chi connectivity index (χ0v) is 10.9. The van der Waals surface area contributed by atoms with Gasteiger partial charge in [-0.05, 0) is 25.0 Å². The summed E-state index contributed by atoms with van der Waals surface area (Å²) in [7, 11) is 0. The van der Waals surface area contributed by atoms with Crippen LogP contribution in [0.5, 0.6) is 0 Å². The number of nitrogens with zero attached hydrogens (tertiary/aromatic N) is 1. The molecule has 1 aliphatic rings. The largest absolute Gasteiger partial charge is 0.433 e. The first-order valence-corrected chi connectivity index (χ1v) is 6.53. The molecule has 20 heavy (non-hydrogen) atoms. The number of nitrogens with one attached hydrogen (secondary N) is 1. The van der Waals surface area contributed by atoms with Gasteiger partial charge in [0.15, 0.2) is 0 Å². The molecule has 1 atom stereocenters. The number of hydrogen-bond acceptors (Lipinski definition) is 4. The first-order chi connectivity index (χ1) is 9.55. The minimum absolute atomic E-state index is 0.154. The van der Waals surface area contributed by atoms with Gasteiger partial charge in [0.2, 0.25) is 0 Å². The van der Waals surface area contributed by atoms with E-state index in [1.165, 1.54) is 12.1 Å². The number of alkyl halides is 3. The van der Waals surface area contributed by atoms with Gasteiger partial charge in [-0.15, -0.1) is 0 Å². The van der Waals surface area contributed by atoms with Crippen LogP contribution in [0.25, 0.3) is 0 Å². The van der Waals surface area contributed by atoms with Crippen LogP contribution in [0.15, 0.2) is 18.2 Å². The highest BCUT2D eigenvalue weighted by Crippen LogP contribution is 2.28. The second-order valence-electron chi connectivity index (χ2n) is 4.54. The number of anilines is 1. The highest BCUT2D eigenvalue weighted by Gasteiger charge is 2.32. The molecule has 0 aliphatic carbocycles. The molecule has 1 saturated heterocycles. The molecule has 1 fully saturated rings. The number of hydrogen-bond donors (Lipinski definition) is 1. The number of pyridine rings is 1. The molecule has 2 heterocycles. The summed E-state index contributed by atoms with van der Waals surface area (Å²) in [6.07, 6.45) is -2.21. The van der Waals surface area contributed by atoms with E-state index >= 15 is 0 Å². The second kappa shape index (κ2) is 6.90. The number of rotatable bonds is 6. The molecule has 1 aromatic rings. The van der Waals surface area contributed by atoms with Gasteiger partial charge in [-0.25, -0.2) is 4.98 Å². The zero-order chi connectivity index (χ0) is 14.4. The fraction of sp³-hybridized carbons (Fsp3) is 0.615. The molecule has 112 valence electrons. The average Bonchev–Trinajstić information content (AvgIpc) is 2.91. The van der Waals surface area contributed by atoms with Crippen molar-refractivity contribution in [3.05, 3.63) is 23.9 Å². The molecule has 4 nitrogen and oxygen atoms in total. The van der Waals surface area contributed by atoms with E-state index in [-0.39, 0.29) is 11.9 Å². The van der Waals surface area contributed by atoms with E-state index in [9.17, 15) is 13.2 Å². The predicted octanol–water partition coefficient (Wildman–Crippen LogP) is 2.71. The van der Waals surface area contributed by atoms with E-state index in [1.807, 2.05) is 0 Å². The summed E-state index contributed by atoms with van der Waals surface area (Å²) in [5.74, 6) is 0.195. The van der Waals surface area contributed by atoms with E-state index in [2.05, 4.69) is 10.3 Å².